The largest absolute Gasteiger partial charge is 0.478 e. The highest BCUT2D eigenvalue weighted by Crippen LogP contribution is 2.21. The lowest BCUT2D eigenvalue weighted by Gasteiger charge is -2.07. The number of carboxylic acid groups (broad SMARTS) is 1. The second-order valence-corrected chi connectivity index (χ2v) is 3.47. The van der Waals surface area contributed by atoms with E-state index in [0.29, 0.717) is 6.61 Å². The number of aromatic nitrogens is 2. The van der Waals surface area contributed by atoms with Gasteiger partial charge in [0.25, 0.3) is 0 Å². The monoisotopic (exact) mass is 250 g/mol. The van der Waals surface area contributed by atoms with Crippen LogP contribution in [0, 0.1) is 5.82 Å². The predicted octanol–water partition coefficient (Wildman–Crippen LogP) is 2.11. The van der Waals surface area contributed by atoms with Gasteiger partial charge in [-0.2, -0.15) is 9.78 Å². The minimum atomic E-state index is -1.19. The summed E-state index contributed by atoms with van der Waals surface area (Å²) in [7, 11) is 0. The fourth-order valence-electron chi connectivity index (χ4n) is 1.52. The van der Waals surface area contributed by atoms with Crippen LogP contribution >= 0.6 is 0 Å². The Hall–Kier alpha value is -2.37. The van der Waals surface area contributed by atoms with Gasteiger partial charge in [-0.15, -0.1) is 0 Å². The molecule has 2 rings (SSSR count). The van der Waals surface area contributed by atoms with E-state index >= 15 is 0 Å². The van der Waals surface area contributed by atoms with Gasteiger partial charge in [0.15, 0.2) is 5.69 Å². The van der Waals surface area contributed by atoms with Gasteiger partial charge in [0.05, 0.1) is 6.61 Å². The molecule has 5 nitrogen and oxygen atoms in total. The van der Waals surface area contributed by atoms with Crippen LogP contribution in [-0.4, -0.2) is 27.5 Å². The van der Waals surface area contributed by atoms with E-state index in [1.807, 2.05) is 0 Å². The fraction of sp³-hybridized carbons (Fsp3) is 0.167. The average Bonchev–Trinajstić information content (AvgIpc) is 2.74. The van der Waals surface area contributed by atoms with Crippen LogP contribution in [0.1, 0.15) is 17.4 Å². The van der Waals surface area contributed by atoms with Gasteiger partial charge in [-0.3, -0.25) is 0 Å². The maximum absolute atomic E-state index is 13.6. The SMILES string of the molecule is CCOc1cc(C(=O)O)nn1-c1ccccc1F. The van der Waals surface area contributed by atoms with Crippen LogP contribution in [0.15, 0.2) is 30.3 Å². The second-order valence-electron chi connectivity index (χ2n) is 3.47. The molecule has 18 heavy (non-hydrogen) atoms. The highest BCUT2D eigenvalue weighted by Gasteiger charge is 2.17. The maximum atomic E-state index is 13.6. The second kappa shape index (κ2) is 4.87. The van der Waals surface area contributed by atoms with Gasteiger partial charge in [-0.05, 0) is 19.1 Å². The van der Waals surface area contributed by atoms with Crippen molar-refractivity contribution < 1.29 is 19.0 Å². The molecule has 0 atom stereocenters. The lowest BCUT2D eigenvalue weighted by molar-refractivity contribution is 0.0690. The van der Waals surface area contributed by atoms with Crippen LogP contribution in [0.25, 0.3) is 5.69 Å². The van der Waals surface area contributed by atoms with Crippen LogP contribution in [0.3, 0.4) is 0 Å². The van der Waals surface area contributed by atoms with Crippen LogP contribution in [-0.2, 0) is 0 Å². The number of carboxylic acids is 1. The molecule has 1 aromatic heterocycles. The number of carbonyl (C=O) groups is 1. The summed E-state index contributed by atoms with van der Waals surface area (Å²) < 4.78 is 20.0. The number of halogens is 1. The molecular weight excluding hydrogens is 239 g/mol. The van der Waals surface area contributed by atoms with Gasteiger partial charge in [-0.25, -0.2) is 9.18 Å². The molecule has 0 aliphatic rings. The van der Waals surface area contributed by atoms with E-state index in [9.17, 15) is 9.18 Å². The highest BCUT2D eigenvalue weighted by molar-refractivity contribution is 5.85. The third-order valence-electron chi connectivity index (χ3n) is 2.27. The summed E-state index contributed by atoms with van der Waals surface area (Å²) in [6.45, 7) is 2.08. The van der Waals surface area contributed by atoms with Gasteiger partial charge in [0.1, 0.15) is 11.5 Å². The molecule has 94 valence electrons. The smallest absolute Gasteiger partial charge is 0.356 e. The molecule has 0 amide bonds. The topological polar surface area (TPSA) is 64.3 Å². The van der Waals surface area contributed by atoms with Crippen molar-refractivity contribution in [2.24, 2.45) is 0 Å². The van der Waals surface area contributed by atoms with Crippen molar-refractivity contribution >= 4 is 5.97 Å². The Bertz CT molecular complexity index is 580. The number of aromatic carboxylic acids is 1. The number of nitrogens with zero attached hydrogens (tertiary/aromatic N) is 2. The summed E-state index contributed by atoms with van der Waals surface area (Å²) in [5, 5.41) is 12.7. The van der Waals surface area contributed by atoms with Gasteiger partial charge in [0, 0.05) is 6.07 Å². The minimum absolute atomic E-state index is 0.147. The van der Waals surface area contributed by atoms with Gasteiger partial charge < -0.3 is 9.84 Å². The zero-order chi connectivity index (χ0) is 13.1. The van der Waals surface area contributed by atoms with Crippen LogP contribution in [0.2, 0.25) is 0 Å². The molecule has 1 aromatic carbocycles. The fourth-order valence-corrected chi connectivity index (χ4v) is 1.52. The Balaban J connectivity index is 2.55. The Kier molecular flexibility index (Phi) is 3.27. The summed E-state index contributed by atoms with van der Waals surface area (Å²) in [6, 6.07) is 7.21. The van der Waals surface area contributed by atoms with E-state index in [2.05, 4.69) is 5.10 Å². The first-order valence-corrected chi connectivity index (χ1v) is 5.34. The number of hydrogen-bond acceptors (Lipinski definition) is 3. The van der Waals surface area contributed by atoms with Crippen molar-refractivity contribution in [2.45, 2.75) is 6.92 Å². The Morgan fingerprint density at radius 2 is 2.22 bits per heavy atom. The molecule has 2 aromatic rings. The van der Waals surface area contributed by atoms with Crippen molar-refractivity contribution in [1.29, 1.82) is 0 Å². The van der Waals surface area contributed by atoms with Crippen LogP contribution in [0.5, 0.6) is 5.88 Å². The molecule has 0 aliphatic carbocycles. The lowest BCUT2D eigenvalue weighted by atomic mass is 10.3. The normalized spacial score (nSPS) is 10.3. The van der Waals surface area contributed by atoms with Crippen molar-refractivity contribution in [3.8, 4) is 11.6 Å². The van der Waals surface area contributed by atoms with E-state index in [4.69, 9.17) is 9.84 Å². The molecule has 0 aliphatic heterocycles. The van der Waals surface area contributed by atoms with Gasteiger partial charge >= 0.3 is 5.97 Å². The van der Waals surface area contributed by atoms with Crippen LogP contribution < -0.4 is 4.74 Å². The van der Waals surface area contributed by atoms with E-state index in [1.54, 1.807) is 19.1 Å². The first kappa shape index (κ1) is 12.1. The van der Waals surface area contributed by atoms with E-state index < -0.39 is 11.8 Å². The molecule has 0 saturated heterocycles. The summed E-state index contributed by atoms with van der Waals surface area (Å²) in [6.07, 6.45) is 0. The lowest BCUT2D eigenvalue weighted by Crippen LogP contribution is -2.05. The molecule has 0 radical (unpaired) electrons. The number of benzene rings is 1. The molecule has 0 spiro atoms. The van der Waals surface area contributed by atoms with Gasteiger partial charge in [-0.1, -0.05) is 12.1 Å². The summed E-state index contributed by atoms with van der Waals surface area (Å²) in [5.41, 5.74) is -0.0462. The van der Waals surface area contributed by atoms with Crippen LogP contribution in [0.4, 0.5) is 4.39 Å². The van der Waals surface area contributed by atoms with Crippen molar-refractivity contribution in [3.05, 3.63) is 41.8 Å². The van der Waals surface area contributed by atoms with Crippen molar-refractivity contribution in [1.82, 2.24) is 9.78 Å². The molecule has 0 bridgehead atoms. The summed E-state index contributed by atoms with van der Waals surface area (Å²) in [4.78, 5) is 10.9. The minimum Gasteiger partial charge on any atom is -0.478 e. The molecular formula is C12H11FN2O3. The summed E-state index contributed by atoms with van der Waals surface area (Å²) in [5.74, 6) is -1.50. The third-order valence-corrected chi connectivity index (χ3v) is 2.27. The quantitative estimate of drug-likeness (QED) is 0.902. The standard InChI is InChI=1S/C12H11FN2O3/c1-2-18-11-7-9(12(16)17)14-15(11)10-6-4-3-5-8(10)13/h3-7H,2H2,1H3,(H,16,17). The molecule has 6 heteroatoms. The Labute approximate surface area is 102 Å². The number of rotatable bonds is 4. The zero-order valence-corrected chi connectivity index (χ0v) is 9.63. The third kappa shape index (κ3) is 2.17. The predicted molar refractivity (Wildman–Crippen MR) is 61.7 cm³/mol. The maximum Gasteiger partial charge on any atom is 0.356 e. The van der Waals surface area contributed by atoms with Gasteiger partial charge in [0.2, 0.25) is 5.88 Å². The van der Waals surface area contributed by atoms with E-state index in [-0.39, 0.29) is 17.3 Å². The molecule has 1 N–H and O–H groups in total. The summed E-state index contributed by atoms with van der Waals surface area (Å²) >= 11 is 0. The molecule has 1 heterocycles. The highest BCUT2D eigenvalue weighted by atomic mass is 19.1. The Morgan fingerprint density at radius 1 is 1.50 bits per heavy atom. The average molecular weight is 250 g/mol. The van der Waals surface area contributed by atoms with Crippen molar-refractivity contribution in [3.63, 3.8) is 0 Å². The Morgan fingerprint density at radius 3 is 2.83 bits per heavy atom. The first-order chi connectivity index (χ1) is 8.63. The molecule has 0 fully saturated rings. The van der Waals surface area contributed by atoms with Crippen molar-refractivity contribution in [2.75, 3.05) is 6.61 Å². The first-order valence-electron chi connectivity index (χ1n) is 5.34. The molecule has 0 saturated carbocycles. The number of ether oxygens (including phenoxy) is 1. The van der Waals surface area contributed by atoms with E-state index in [1.165, 1.54) is 18.2 Å². The number of para-hydroxylation sites is 1. The zero-order valence-electron chi connectivity index (χ0n) is 9.63. The number of hydrogen-bond donors (Lipinski definition) is 1. The molecule has 0 unspecified atom stereocenters. The van der Waals surface area contributed by atoms with E-state index in [0.717, 1.165) is 4.68 Å².